The minimum absolute atomic E-state index is 0.0561. The van der Waals surface area contributed by atoms with Crippen molar-refractivity contribution in [1.29, 1.82) is 0 Å². The van der Waals surface area contributed by atoms with E-state index < -0.39 is 54.4 Å². The minimum atomic E-state index is -1.19. The molecule has 2 heterocycles. The largest absolute Gasteiger partial charge is 0.477 e. The zero-order valence-corrected chi connectivity index (χ0v) is 17.7. The van der Waals surface area contributed by atoms with Crippen molar-refractivity contribution >= 4 is 29.8 Å². The van der Waals surface area contributed by atoms with Gasteiger partial charge in [-0.15, -0.1) is 0 Å². The lowest BCUT2D eigenvalue weighted by Gasteiger charge is -2.21. The summed E-state index contributed by atoms with van der Waals surface area (Å²) in [5.41, 5.74) is -0.0561. The highest BCUT2D eigenvalue weighted by Gasteiger charge is 2.54. The maximum absolute atomic E-state index is 11.9. The van der Waals surface area contributed by atoms with Gasteiger partial charge in [0.15, 0.2) is 18.5 Å². The fraction of sp³-hybridized carbons (Fsp3) is 0.500. The molecule has 0 unspecified atom stereocenters. The predicted octanol–water partition coefficient (Wildman–Crippen LogP) is -0.0705. The summed E-state index contributed by atoms with van der Waals surface area (Å²) in [7, 11) is 1.19. The van der Waals surface area contributed by atoms with Crippen LogP contribution in [0.5, 0.6) is 0 Å². The van der Waals surface area contributed by atoms with Gasteiger partial charge < -0.3 is 28.8 Å². The van der Waals surface area contributed by atoms with Gasteiger partial charge in [-0.05, 0) is 6.07 Å². The van der Waals surface area contributed by atoms with Crippen LogP contribution in [0.25, 0.3) is 0 Å². The molecule has 1 aliphatic rings. The number of methoxy groups -OCH3 is 1. The highest BCUT2D eigenvalue weighted by molar-refractivity contribution is 5.86. The highest BCUT2D eigenvalue weighted by Crippen LogP contribution is 2.31. The Hall–Kier alpha value is -3.54. The van der Waals surface area contributed by atoms with Crippen LogP contribution < -0.4 is 4.57 Å². The third kappa shape index (κ3) is 6.74. The maximum Gasteiger partial charge on any atom is 0.341 e. The number of carbonyl (C=O) groups is 5. The molecule has 1 fully saturated rings. The quantitative estimate of drug-likeness (QED) is 0.303. The second-order valence-corrected chi connectivity index (χ2v) is 6.82. The lowest BCUT2D eigenvalue weighted by atomic mass is 10.1. The molecular formula is C20H24NO11+. The molecule has 0 aliphatic carbocycles. The van der Waals surface area contributed by atoms with Gasteiger partial charge >= 0.3 is 36.1 Å². The second-order valence-electron chi connectivity index (χ2n) is 6.82. The zero-order chi connectivity index (χ0) is 23.8. The molecular weight excluding hydrogens is 430 g/mol. The molecule has 0 saturated carbocycles. The molecule has 0 radical (unpaired) electrons. The highest BCUT2D eigenvalue weighted by atomic mass is 16.7. The van der Waals surface area contributed by atoms with Crippen LogP contribution in [0.15, 0.2) is 24.5 Å². The van der Waals surface area contributed by atoms with Crippen molar-refractivity contribution in [2.75, 3.05) is 13.7 Å². The molecule has 1 saturated heterocycles. The van der Waals surface area contributed by atoms with Crippen molar-refractivity contribution in [3.05, 3.63) is 30.1 Å². The summed E-state index contributed by atoms with van der Waals surface area (Å²) in [6.45, 7) is 1.93. The van der Waals surface area contributed by atoms with Gasteiger partial charge in [0.2, 0.25) is 6.10 Å². The summed E-state index contributed by atoms with van der Waals surface area (Å²) in [6, 6.07) is 2.82. The lowest BCUT2D eigenvalue weighted by molar-refractivity contribution is -0.765. The SMILES string of the molecule is COC(=O)CCC(=O)OC[C@H]1O[C@@H]([n+]2cccc(C(=O)O)c2)[C@H](OC(C)=O)[C@@H]1OC(C)=O. The monoisotopic (exact) mass is 454 g/mol. The van der Waals surface area contributed by atoms with Gasteiger partial charge in [-0.3, -0.25) is 19.2 Å². The number of carbonyl (C=O) groups excluding carboxylic acids is 4. The summed E-state index contributed by atoms with van der Waals surface area (Å²) in [4.78, 5) is 57.7. The molecule has 1 aromatic rings. The van der Waals surface area contributed by atoms with Crippen molar-refractivity contribution < 1.29 is 57.3 Å². The topological polar surface area (TPSA) is 156 Å². The van der Waals surface area contributed by atoms with E-state index in [2.05, 4.69) is 4.74 Å². The van der Waals surface area contributed by atoms with E-state index in [-0.39, 0.29) is 25.0 Å². The van der Waals surface area contributed by atoms with E-state index >= 15 is 0 Å². The fourth-order valence-electron chi connectivity index (χ4n) is 3.06. The molecule has 2 rings (SSSR count). The fourth-order valence-corrected chi connectivity index (χ4v) is 3.06. The van der Waals surface area contributed by atoms with Gasteiger partial charge in [-0.25, -0.2) is 4.79 Å². The van der Waals surface area contributed by atoms with Crippen LogP contribution in [0.1, 0.15) is 43.3 Å². The van der Waals surface area contributed by atoms with Crippen molar-refractivity contribution in [2.24, 2.45) is 0 Å². The van der Waals surface area contributed by atoms with Crippen molar-refractivity contribution in [1.82, 2.24) is 0 Å². The van der Waals surface area contributed by atoms with Gasteiger partial charge in [-0.2, -0.15) is 4.57 Å². The number of pyridine rings is 1. The van der Waals surface area contributed by atoms with Crippen molar-refractivity contribution in [3.8, 4) is 0 Å². The first-order valence-electron chi connectivity index (χ1n) is 9.58. The van der Waals surface area contributed by atoms with Crippen LogP contribution in [-0.2, 0) is 42.9 Å². The van der Waals surface area contributed by atoms with Crippen LogP contribution in [0.4, 0.5) is 0 Å². The third-order valence-corrected chi connectivity index (χ3v) is 4.42. The van der Waals surface area contributed by atoms with Crippen LogP contribution in [0, 0.1) is 0 Å². The average molecular weight is 454 g/mol. The number of rotatable bonds is 9. The molecule has 174 valence electrons. The van der Waals surface area contributed by atoms with Crippen LogP contribution in [-0.4, -0.2) is 67.0 Å². The predicted molar refractivity (Wildman–Crippen MR) is 101 cm³/mol. The van der Waals surface area contributed by atoms with Crippen molar-refractivity contribution in [3.63, 3.8) is 0 Å². The number of aromatic nitrogens is 1. The van der Waals surface area contributed by atoms with Crippen LogP contribution in [0.2, 0.25) is 0 Å². The van der Waals surface area contributed by atoms with E-state index in [9.17, 15) is 29.1 Å². The molecule has 4 atom stereocenters. The van der Waals surface area contributed by atoms with Gasteiger partial charge in [0.1, 0.15) is 18.3 Å². The Morgan fingerprint density at radius 3 is 2.25 bits per heavy atom. The molecule has 12 nitrogen and oxygen atoms in total. The molecule has 1 aromatic heterocycles. The number of esters is 4. The molecule has 12 heteroatoms. The van der Waals surface area contributed by atoms with Gasteiger partial charge in [0.05, 0.1) is 20.0 Å². The molecule has 32 heavy (non-hydrogen) atoms. The van der Waals surface area contributed by atoms with Crippen LogP contribution >= 0.6 is 0 Å². The van der Waals surface area contributed by atoms with E-state index in [0.29, 0.717) is 0 Å². The zero-order valence-electron chi connectivity index (χ0n) is 17.7. The molecule has 0 bridgehead atoms. The lowest BCUT2D eigenvalue weighted by Crippen LogP contribution is -2.48. The van der Waals surface area contributed by atoms with Crippen LogP contribution in [0.3, 0.4) is 0 Å². The smallest absolute Gasteiger partial charge is 0.341 e. The first-order chi connectivity index (χ1) is 15.1. The van der Waals surface area contributed by atoms with E-state index in [4.69, 9.17) is 18.9 Å². The Balaban J connectivity index is 2.24. The molecule has 1 aliphatic heterocycles. The summed E-state index contributed by atoms with van der Waals surface area (Å²) < 4.78 is 27.4. The van der Waals surface area contributed by atoms with E-state index in [1.54, 1.807) is 0 Å². The third-order valence-electron chi connectivity index (χ3n) is 4.42. The number of nitrogens with zero attached hydrogens (tertiary/aromatic N) is 1. The Kier molecular flexibility index (Phi) is 8.64. The summed E-state index contributed by atoms with van der Waals surface area (Å²) in [6.07, 6.45) is -2.05. The number of hydrogen-bond acceptors (Lipinski definition) is 10. The standard InChI is InChI=1S/C20H23NO11/c1-11(22)30-17-14(10-29-16(25)7-6-15(24)28-3)32-19(18(17)31-12(2)23)21-8-4-5-13(9-21)20(26)27/h4-5,8-9,14,17-19H,6-7,10H2,1-3H3/p+1/t14-,17-,18-,19-/m1/s1. The van der Waals surface area contributed by atoms with Gasteiger partial charge in [0.25, 0.3) is 0 Å². The minimum Gasteiger partial charge on any atom is -0.477 e. The van der Waals surface area contributed by atoms with E-state index in [1.807, 2.05) is 0 Å². The molecule has 0 aromatic carbocycles. The number of aromatic carboxylic acids is 1. The summed E-state index contributed by atoms with van der Waals surface area (Å²) in [5.74, 6) is -3.86. The number of carboxylic acid groups (broad SMARTS) is 1. The van der Waals surface area contributed by atoms with Gasteiger partial charge in [-0.1, -0.05) is 0 Å². The second kappa shape index (κ2) is 11.2. The number of ether oxygens (including phenoxy) is 5. The maximum atomic E-state index is 11.9. The molecule has 1 N–H and O–H groups in total. The normalized spacial score (nSPS) is 22.0. The first-order valence-corrected chi connectivity index (χ1v) is 9.58. The Labute approximate surface area is 182 Å². The molecule has 0 spiro atoms. The number of carboxylic acids is 1. The number of hydrogen-bond donors (Lipinski definition) is 1. The Morgan fingerprint density at radius 2 is 1.66 bits per heavy atom. The average Bonchev–Trinajstić information content (AvgIpc) is 3.06. The molecule has 0 amide bonds. The van der Waals surface area contributed by atoms with E-state index in [1.165, 1.54) is 36.2 Å². The summed E-state index contributed by atoms with van der Waals surface area (Å²) in [5, 5.41) is 9.24. The Morgan fingerprint density at radius 1 is 1.03 bits per heavy atom. The van der Waals surface area contributed by atoms with E-state index in [0.717, 1.165) is 13.8 Å². The summed E-state index contributed by atoms with van der Waals surface area (Å²) >= 11 is 0. The first kappa shape index (κ1) is 24.7. The van der Waals surface area contributed by atoms with Gasteiger partial charge in [0, 0.05) is 19.9 Å². The van der Waals surface area contributed by atoms with Crippen molar-refractivity contribution in [2.45, 2.75) is 51.2 Å². The Bertz CT molecular complexity index is 884.